The van der Waals surface area contributed by atoms with Crippen molar-refractivity contribution in [3.05, 3.63) is 77.1 Å². The van der Waals surface area contributed by atoms with Gasteiger partial charge in [-0.2, -0.15) is 9.61 Å². The van der Waals surface area contributed by atoms with Crippen molar-refractivity contribution in [3.8, 4) is 11.1 Å². The largest absolute Gasteiger partial charge is 0.349 e. The number of nitrogens with zero attached hydrogens (tertiary/aromatic N) is 3. The molecule has 0 spiro atoms. The Hall–Kier alpha value is -3.46. The zero-order chi connectivity index (χ0) is 19.0. The number of nitrogens with one attached hydrogen (secondary N) is 2. The number of hydrogen-bond donors (Lipinski definition) is 2. The van der Waals surface area contributed by atoms with Gasteiger partial charge in [-0.3, -0.25) is 9.71 Å². The van der Waals surface area contributed by atoms with Crippen molar-refractivity contribution in [3.63, 3.8) is 0 Å². The van der Waals surface area contributed by atoms with Crippen LogP contribution in [0.25, 0.3) is 16.8 Å². The van der Waals surface area contributed by atoms with E-state index in [1.54, 1.807) is 24.3 Å². The fourth-order valence-electron chi connectivity index (χ4n) is 2.73. The zero-order valence-electron chi connectivity index (χ0n) is 14.2. The molecule has 4 aromatic rings. The van der Waals surface area contributed by atoms with Crippen molar-refractivity contribution >= 4 is 21.4 Å². The fourth-order valence-corrected chi connectivity index (χ4v) is 3.86. The van der Waals surface area contributed by atoms with Gasteiger partial charge in [-0.15, -0.1) is 0 Å². The molecule has 0 unspecified atom stereocenters. The number of aromatic amines is 1. The SMILES string of the molecule is Cc1ccccc1NS(=O)(=O)c1ccc(-c2cnn3c(=O)[nH]cnc23)cc1. The third-order valence-corrected chi connectivity index (χ3v) is 5.56. The molecule has 0 bridgehead atoms. The normalized spacial score (nSPS) is 11.6. The molecule has 0 aliphatic rings. The van der Waals surface area contributed by atoms with E-state index in [-0.39, 0.29) is 4.90 Å². The minimum absolute atomic E-state index is 0.136. The van der Waals surface area contributed by atoms with Gasteiger partial charge in [0.2, 0.25) is 0 Å². The van der Waals surface area contributed by atoms with E-state index in [1.165, 1.54) is 24.7 Å². The summed E-state index contributed by atoms with van der Waals surface area (Å²) >= 11 is 0. The number of H-pyrrole nitrogens is 1. The molecule has 0 fully saturated rings. The Morgan fingerprint density at radius 3 is 2.56 bits per heavy atom. The first-order valence-electron chi connectivity index (χ1n) is 8.06. The average molecular weight is 381 g/mol. The number of rotatable bonds is 4. The fraction of sp³-hybridized carbons (Fsp3) is 0.0556. The highest BCUT2D eigenvalue weighted by atomic mass is 32.2. The molecule has 9 heteroatoms. The second kappa shape index (κ2) is 6.36. The van der Waals surface area contributed by atoms with Gasteiger partial charge >= 0.3 is 5.69 Å². The predicted molar refractivity (Wildman–Crippen MR) is 101 cm³/mol. The van der Waals surface area contributed by atoms with Gasteiger partial charge < -0.3 is 0 Å². The number of aryl methyl sites for hydroxylation is 1. The quantitative estimate of drug-likeness (QED) is 0.563. The first-order chi connectivity index (χ1) is 13.0. The third kappa shape index (κ3) is 3.08. The number of anilines is 1. The molecular formula is C18H15N5O3S. The summed E-state index contributed by atoms with van der Waals surface area (Å²) in [7, 11) is -3.71. The van der Waals surface area contributed by atoms with E-state index >= 15 is 0 Å². The topological polar surface area (TPSA) is 109 Å². The van der Waals surface area contributed by atoms with E-state index in [4.69, 9.17) is 0 Å². The lowest BCUT2D eigenvalue weighted by Crippen LogP contribution is -2.17. The summed E-state index contributed by atoms with van der Waals surface area (Å²) in [5, 5.41) is 4.01. The van der Waals surface area contributed by atoms with E-state index in [0.717, 1.165) is 10.1 Å². The summed E-state index contributed by atoms with van der Waals surface area (Å²) < 4.78 is 29.0. The van der Waals surface area contributed by atoms with Crippen LogP contribution in [-0.4, -0.2) is 28.0 Å². The van der Waals surface area contributed by atoms with Crippen molar-refractivity contribution in [2.75, 3.05) is 4.72 Å². The number of hydrogen-bond acceptors (Lipinski definition) is 5. The molecule has 0 amide bonds. The van der Waals surface area contributed by atoms with Crippen LogP contribution in [0.5, 0.6) is 0 Å². The predicted octanol–water partition coefficient (Wildman–Crippen LogP) is 2.19. The van der Waals surface area contributed by atoms with Crippen molar-refractivity contribution in [1.82, 2.24) is 19.6 Å². The summed E-state index contributed by atoms with van der Waals surface area (Å²) in [4.78, 5) is 18.4. The Morgan fingerprint density at radius 2 is 1.81 bits per heavy atom. The van der Waals surface area contributed by atoms with Crippen LogP contribution in [0.3, 0.4) is 0 Å². The second-order valence-electron chi connectivity index (χ2n) is 5.95. The van der Waals surface area contributed by atoms with Crippen molar-refractivity contribution in [1.29, 1.82) is 0 Å². The van der Waals surface area contributed by atoms with Crippen molar-refractivity contribution in [2.45, 2.75) is 11.8 Å². The van der Waals surface area contributed by atoms with Gasteiger partial charge in [-0.1, -0.05) is 30.3 Å². The molecule has 4 rings (SSSR count). The van der Waals surface area contributed by atoms with Gasteiger partial charge in [-0.05, 0) is 36.2 Å². The molecule has 0 radical (unpaired) electrons. The molecule has 2 heterocycles. The van der Waals surface area contributed by atoms with Gasteiger partial charge in [0.1, 0.15) is 0 Å². The number of aromatic nitrogens is 4. The highest BCUT2D eigenvalue weighted by Gasteiger charge is 2.16. The van der Waals surface area contributed by atoms with Crippen LogP contribution < -0.4 is 10.4 Å². The van der Waals surface area contributed by atoms with Crippen LogP contribution in [-0.2, 0) is 10.0 Å². The Kier molecular flexibility index (Phi) is 4.00. The second-order valence-corrected chi connectivity index (χ2v) is 7.63. The van der Waals surface area contributed by atoms with Crippen molar-refractivity contribution < 1.29 is 8.42 Å². The lowest BCUT2D eigenvalue weighted by atomic mass is 10.1. The summed E-state index contributed by atoms with van der Waals surface area (Å²) in [5.74, 6) is 0. The Labute approximate surface area is 154 Å². The number of benzene rings is 2. The lowest BCUT2D eigenvalue weighted by Gasteiger charge is -2.10. The van der Waals surface area contributed by atoms with E-state index < -0.39 is 15.7 Å². The monoisotopic (exact) mass is 381 g/mol. The molecule has 2 N–H and O–H groups in total. The molecule has 2 aromatic heterocycles. The smallest absolute Gasteiger partial charge is 0.296 e. The van der Waals surface area contributed by atoms with Gasteiger partial charge in [0.15, 0.2) is 5.65 Å². The number of para-hydroxylation sites is 1. The molecule has 136 valence electrons. The lowest BCUT2D eigenvalue weighted by molar-refractivity contribution is 0.601. The van der Waals surface area contributed by atoms with E-state index in [1.807, 2.05) is 19.1 Å². The molecule has 8 nitrogen and oxygen atoms in total. The van der Waals surface area contributed by atoms with E-state index in [0.29, 0.717) is 22.5 Å². The molecule has 0 saturated carbocycles. The Balaban J connectivity index is 1.68. The van der Waals surface area contributed by atoms with Crippen LogP contribution in [0.4, 0.5) is 5.69 Å². The number of fused-ring (bicyclic) bond motifs is 1. The average Bonchev–Trinajstić information content (AvgIpc) is 3.09. The Morgan fingerprint density at radius 1 is 1.07 bits per heavy atom. The maximum absolute atomic E-state index is 12.6. The maximum Gasteiger partial charge on any atom is 0.349 e. The minimum Gasteiger partial charge on any atom is -0.296 e. The van der Waals surface area contributed by atoms with E-state index in [9.17, 15) is 13.2 Å². The van der Waals surface area contributed by atoms with Gasteiger partial charge in [0.25, 0.3) is 10.0 Å². The third-order valence-electron chi connectivity index (χ3n) is 4.18. The molecule has 0 aliphatic carbocycles. The Bertz CT molecular complexity index is 1290. The van der Waals surface area contributed by atoms with Gasteiger partial charge in [0.05, 0.1) is 23.1 Å². The minimum atomic E-state index is -3.71. The van der Waals surface area contributed by atoms with Crippen LogP contribution in [0.1, 0.15) is 5.56 Å². The zero-order valence-corrected chi connectivity index (χ0v) is 15.1. The number of sulfonamides is 1. The first-order valence-corrected chi connectivity index (χ1v) is 9.54. The highest BCUT2D eigenvalue weighted by Crippen LogP contribution is 2.25. The maximum atomic E-state index is 12.6. The van der Waals surface area contributed by atoms with Gasteiger partial charge in [0, 0.05) is 5.56 Å². The molecule has 0 saturated heterocycles. The standard InChI is InChI=1S/C18H15N5O3S/c1-12-4-2-3-5-16(12)22-27(25,26)14-8-6-13(7-9-14)15-10-21-23-17(15)19-11-20-18(23)24/h2-11,22H,1H3,(H,19,20,24). The van der Waals surface area contributed by atoms with Crippen LogP contribution in [0.2, 0.25) is 0 Å². The van der Waals surface area contributed by atoms with Crippen LogP contribution >= 0.6 is 0 Å². The van der Waals surface area contributed by atoms with E-state index in [2.05, 4.69) is 19.8 Å². The molecule has 27 heavy (non-hydrogen) atoms. The molecule has 2 aromatic carbocycles. The summed E-state index contributed by atoms with van der Waals surface area (Å²) in [5.41, 5.74) is 2.71. The summed E-state index contributed by atoms with van der Waals surface area (Å²) in [6.07, 6.45) is 2.82. The molecule has 0 aliphatic heterocycles. The van der Waals surface area contributed by atoms with Crippen LogP contribution in [0.15, 0.2) is 70.7 Å². The summed E-state index contributed by atoms with van der Waals surface area (Å²) in [6.45, 7) is 1.83. The highest BCUT2D eigenvalue weighted by molar-refractivity contribution is 7.92. The molecule has 0 atom stereocenters. The van der Waals surface area contributed by atoms with Gasteiger partial charge in [-0.25, -0.2) is 18.2 Å². The first kappa shape index (κ1) is 17.0. The summed E-state index contributed by atoms with van der Waals surface area (Å²) in [6, 6.07) is 13.5. The molecular weight excluding hydrogens is 366 g/mol. The van der Waals surface area contributed by atoms with Crippen molar-refractivity contribution in [2.24, 2.45) is 0 Å². The van der Waals surface area contributed by atoms with Crippen LogP contribution in [0, 0.1) is 6.92 Å².